The van der Waals surface area contributed by atoms with Crippen LogP contribution < -0.4 is 5.32 Å². The number of hydrogen-bond donors (Lipinski definition) is 1. The Morgan fingerprint density at radius 2 is 1.96 bits per heavy atom. The highest BCUT2D eigenvalue weighted by atomic mass is 16.6. The topological polar surface area (TPSA) is 81.2 Å². The minimum atomic E-state index is -0.385. The number of non-ortho nitro benzene ring substituents is 1. The first-order valence-corrected chi connectivity index (χ1v) is 8.04. The largest absolute Gasteiger partial charge is 0.441 e. The van der Waals surface area contributed by atoms with Crippen LogP contribution in [0.5, 0.6) is 0 Å². The molecule has 25 heavy (non-hydrogen) atoms. The van der Waals surface area contributed by atoms with Crippen molar-refractivity contribution in [2.75, 3.05) is 0 Å². The van der Waals surface area contributed by atoms with E-state index in [0.717, 1.165) is 22.6 Å². The first-order valence-electron chi connectivity index (χ1n) is 8.04. The van der Waals surface area contributed by atoms with Crippen LogP contribution >= 0.6 is 0 Å². The Morgan fingerprint density at radius 1 is 1.20 bits per heavy atom. The summed E-state index contributed by atoms with van der Waals surface area (Å²) in [5.74, 6) is 1.36. The molecule has 6 heteroatoms. The molecule has 0 aliphatic heterocycles. The summed E-state index contributed by atoms with van der Waals surface area (Å²) < 4.78 is 5.75. The van der Waals surface area contributed by atoms with Crippen LogP contribution in [0.4, 0.5) is 5.69 Å². The summed E-state index contributed by atoms with van der Waals surface area (Å²) >= 11 is 0. The lowest BCUT2D eigenvalue weighted by Gasteiger charge is -2.13. The van der Waals surface area contributed by atoms with E-state index in [1.54, 1.807) is 12.1 Å². The standard InChI is InChI=1S/C19H19N3O3/c1-13(16-9-6-10-17(11-16)22(23)24)20-12-18-14(2)25-19(21-18)15-7-4-3-5-8-15/h3-11,13,20H,12H2,1-2H3/t13-/m0/s1. The molecule has 0 aliphatic carbocycles. The number of nitrogens with one attached hydrogen (secondary N) is 1. The molecule has 0 saturated carbocycles. The van der Waals surface area contributed by atoms with Crippen LogP contribution in [0.25, 0.3) is 11.5 Å². The third-order valence-corrected chi connectivity index (χ3v) is 4.07. The van der Waals surface area contributed by atoms with Crippen molar-refractivity contribution in [3.8, 4) is 11.5 Å². The maximum atomic E-state index is 10.9. The number of benzene rings is 2. The monoisotopic (exact) mass is 337 g/mol. The molecule has 0 amide bonds. The summed E-state index contributed by atoms with van der Waals surface area (Å²) in [6.45, 7) is 4.37. The van der Waals surface area contributed by atoms with Gasteiger partial charge in [0.05, 0.1) is 10.6 Å². The minimum absolute atomic E-state index is 0.0452. The molecule has 0 fully saturated rings. The quantitative estimate of drug-likeness (QED) is 0.532. The van der Waals surface area contributed by atoms with E-state index >= 15 is 0 Å². The van der Waals surface area contributed by atoms with Crippen LogP contribution in [-0.2, 0) is 6.54 Å². The van der Waals surface area contributed by atoms with E-state index in [2.05, 4.69) is 10.3 Å². The highest BCUT2D eigenvalue weighted by Gasteiger charge is 2.14. The number of rotatable bonds is 6. The van der Waals surface area contributed by atoms with Crippen molar-refractivity contribution < 1.29 is 9.34 Å². The lowest BCUT2D eigenvalue weighted by Crippen LogP contribution is -2.18. The second-order valence-corrected chi connectivity index (χ2v) is 5.84. The number of nitrogens with zero attached hydrogens (tertiary/aromatic N) is 2. The normalized spacial score (nSPS) is 12.1. The van der Waals surface area contributed by atoms with Crippen LogP contribution in [0.1, 0.15) is 30.0 Å². The fourth-order valence-corrected chi connectivity index (χ4v) is 2.57. The Labute approximate surface area is 145 Å². The summed E-state index contributed by atoms with van der Waals surface area (Å²) in [5.41, 5.74) is 2.72. The SMILES string of the molecule is Cc1oc(-c2ccccc2)nc1CN[C@@H](C)c1cccc([N+](=O)[O-])c1. The van der Waals surface area contributed by atoms with Gasteiger partial charge in [-0.25, -0.2) is 4.98 Å². The van der Waals surface area contributed by atoms with Gasteiger partial charge in [0.25, 0.3) is 5.69 Å². The van der Waals surface area contributed by atoms with Crippen LogP contribution in [-0.4, -0.2) is 9.91 Å². The average molecular weight is 337 g/mol. The molecule has 0 spiro atoms. The van der Waals surface area contributed by atoms with Crippen molar-refractivity contribution >= 4 is 5.69 Å². The lowest BCUT2D eigenvalue weighted by molar-refractivity contribution is -0.384. The van der Waals surface area contributed by atoms with Crippen molar-refractivity contribution in [2.24, 2.45) is 0 Å². The molecule has 1 heterocycles. The fraction of sp³-hybridized carbons (Fsp3) is 0.211. The second-order valence-electron chi connectivity index (χ2n) is 5.84. The van der Waals surface area contributed by atoms with Crippen molar-refractivity contribution in [3.63, 3.8) is 0 Å². The Morgan fingerprint density at radius 3 is 2.68 bits per heavy atom. The van der Waals surface area contributed by atoms with Gasteiger partial charge in [0.2, 0.25) is 5.89 Å². The molecule has 0 radical (unpaired) electrons. The number of nitro benzene ring substituents is 1. The van der Waals surface area contributed by atoms with Gasteiger partial charge in [-0.2, -0.15) is 0 Å². The van der Waals surface area contributed by atoms with E-state index in [-0.39, 0.29) is 16.7 Å². The van der Waals surface area contributed by atoms with E-state index in [4.69, 9.17) is 4.42 Å². The van der Waals surface area contributed by atoms with Crippen molar-refractivity contribution in [2.45, 2.75) is 26.4 Å². The number of oxazole rings is 1. The predicted octanol–water partition coefficient (Wildman–Crippen LogP) is 4.41. The molecule has 2 aromatic carbocycles. The van der Waals surface area contributed by atoms with Crippen LogP contribution in [0.15, 0.2) is 59.0 Å². The van der Waals surface area contributed by atoms with Gasteiger partial charge in [-0.3, -0.25) is 10.1 Å². The first-order chi connectivity index (χ1) is 12.0. The molecule has 3 rings (SSSR count). The van der Waals surface area contributed by atoms with E-state index in [9.17, 15) is 10.1 Å². The average Bonchev–Trinajstić information content (AvgIpc) is 3.01. The lowest BCUT2D eigenvalue weighted by atomic mass is 10.1. The van der Waals surface area contributed by atoms with Gasteiger partial charge < -0.3 is 9.73 Å². The Hall–Kier alpha value is -2.99. The van der Waals surface area contributed by atoms with Gasteiger partial charge in [-0.15, -0.1) is 0 Å². The molecule has 1 aromatic heterocycles. The molecule has 0 aliphatic rings. The van der Waals surface area contributed by atoms with E-state index in [1.165, 1.54) is 6.07 Å². The Bertz CT molecular complexity index is 875. The highest BCUT2D eigenvalue weighted by molar-refractivity contribution is 5.53. The van der Waals surface area contributed by atoms with Gasteiger partial charge in [0, 0.05) is 30.3 Å². The smallest absolute Gasteiger partial charge is 0.269 e. The maximum Gasteiger partial charge on any atom is 0.269 e. The molecular weight excluding hydrogens is 318 g/mol. The highest BCUT2D eigenvalue weighted by Crippen LogP contribution is 2.23. The van der Waals surface area contributed by atoms with Gasteiger partial charge >= 0.3 is 0 Å². The molecule has 0 bridgehead atoms. The van der Waals surface area contributed by atoms with Crippen LogP contribution in [0.3, 0.4) is 0 Å². The van der Waals surface area contributed by atoms with Crippen LogP contribution in [0, 0.1) is 17.0 Å². The number of hydrogen-bond acceptors (Lipinski definition) is 5. The summed E-state index contributed by atoms with van der Waals surface area (Å²) in [6, 6.07) is 16.3. The summed E-state index contributed by atoms with van der Waals surface area (Å²) in [6.07, 6.45) is 0. The van der Waals surface area contributed by atoms with Gasteiger partial charge in [-0.1, -0.05) is 30.3 Å². The molecule has 1 atom stereocenters. The van der Waals surface area contributed by atoms with Crippen molar-refractivity contribution in [1.29, 1.82) is 0 Å². The van der Waals surface area contributed by atoms with Gasteiger partial charge in [0.15, 0.2) is 0 Å². The maximum absolute atomic E-state index is 10.9. The Kier molecular flexibility index (Phi) is 4.90. The second kappa shape index (κ2) is 7.27. The predicted molar refractivity (Wildman–Crippen MR) is 95.0 cm³/mol. The zero-order valence-electron chi connectivity index (χ0n) is 14.1. The Balaban J connectivity index is 1.70. The number of nitro groups is 1. The summed E-state index contributed by atoms with van der Waals surface area (Å²) in [7, 11) is 0. The molecular formula is C19H19N3O3. The minimum Gasteiger partial charge on any atom is -0.441 e. The van der Waals surface area contributed by atoms with Crippen LogP contribution in [0.2, 0.25) is 0 Å². The molecule has 0 unspecified atom stereocenters. The fourth-order valence-electron chi connectivity index (χ4n) is 2.57. The number of aromatic nitrogens is 1. The van der Waals surface area contributed by atoms with E-state index < -0.39 is 0 Å². The van der Waals surface area contributed by atoms with Crippen molar-refractivity contribution in [3.05, 3.63) is 81.7 Å². The third kappa shape index (κ3) is 3.92. The molecule has 6 nitrogen and oxygen atoms in total. The van der Waals surface area contributed by atoms with Crippen molar-refractivity contribution in [1.82, 2.24) is 10.3 Å². The van der Waals surface area contributed by atoms with Gasteiger partial charge in [-0.05, 0) is 31.5 Å². The van der Waals surface area contributed by atoms with E-state index in [0.29, 0.717) is 12.4 Å². The zero-order chi connectivity index (χ0) is 17.8. The van der Waals surface area contributed by atoms with Gasteiger partial charge in [0.1, 0.15) is 5.76 Å². The first kappa shape index (κ1) is 16.9. The molecule has 3 aromatic rings. The number of aryl methyl sites for hydroxylation is 1. The molecule has 1 N–H and O–H groups in total. The summed E-state index contributed by atoms with van der Waals surface area (Å²) in [5, 5.41) is 14.2. The molecule has 0 saturated heterocycles. The third-order valence-electron chi connectivity index (χ3n) is 4.07. The van der Waals surface area contributed by atoms with E-state index in [1.807, 2.05) is 50.2 Å². The summed E-state index contributed by atoms with van der Waals surface area (Å²) in [4.78, 5) is 15.1. The zero-order valence-corrected chi connectivity index (χ0v) is 14.1. The molecule has 128 valence electrons.